The Balaban J connectivity index is 1.56. The fourth-order valence-corrected chi connectivity index (χ4v) is 4.46. The Morgan fingerprint density at radius 1 is 1.11 bits per heavy atom. The Morgan fingerprint density at radius 3 is 2.46 bits per heavy atom. The first-order chi connectivity index (χ1) is 17.7. The van der Waals surface area contributed by atoms with Gasteiger partial charge in [-0.15, -0.1) is 5.10 Å². The van der Waals surface area contributed by atoms with E-state index in [0.29, 0.717) is 5.56 Å². The second-order valence-electron chi connectivity index (χ2n) is 8.51. The van der Waals surface area contributed by atoms with Crippen LogP contribution in [0.25, 0.3) is 11.3 Å². The average Bonchev–Trinajstić information content (AvgIpc) is 3.36. The van der Waals surface area contributed by atoms with Gasteiger partial charge in [0.25, 0.3) is 0 Å². The minimum atomic E-state index is -1.63. The molecule has 0 aliphatic carbocycles. The third-order valence-electron chi connectivity index (χ3n) is 6.06. The Labute approximate surface area is 207 Å². The zero-order valence-electron chi connectivity index (χ0n) is 19.2. The van der Waals surface area contributed by atoms with Gasteiger partial charge in [-0.3, -0.25) is 4.79 Å². The van der Waals surface area contributed by atoms with E-state index in [0.717, 1.165) is 19.1 Å². The van der Waals surface area contributed by atoms with E-state index in [2.05, 4.69) is 10.3 Å². The molecule has 13 heteroatoms. The fraction of sp³-hybridized carbons (Fsp3) is 0.333. The van der Waals surface area contributed by atoms with Crippen LogP contribution in [0.15, 0.2) is 48.7 Å². The number of carboxylic acids is 1. The number of aromatic nitrogens is 3. The van der Waals surface area contributed by atoms with Gasteiger partial charge in [-0.05, 0) is 12.1 Å². The van der Waals surface area contributed by atoms with Crippen molar-refractivity contribution in [2.24, 2.45) is 0 Å². The minimum absolute atomic E-state index is 0.0408. The SMILES string of the molecule is CC(=O)O[C@@H]1[C@@H](n2cc(-c3cc(F)c(F)c(F)c3)nn2)[C@H]2OC(c3ccccc3)OC[C@H]2O[C@H]1C(=O)O. The molecule has 1 unspecified atom stereocenters. The molecule has 37 heavy (non-hydrogen) atoms. The summed E-state index contributed by atoms with van der Waals surface area (Å²) in [5.74, 6) is -6.65. The van der Waals surface area contributed by atoms with E-state index in [1.807, 2.05) is 6.07 Å². The van der Waals surface area contributed by atoms with E-state index in [1.165, 1.54) is 10.9 Å². The monoisotopic (exact) mass is 519 g/mol. The topological polar surface area (TPSA) is 122 Å². The van der Waals surface area contributed by atoms with Gasteiger partial charge < -0.3 is 24.1 Å². The first-order valence-electron chi connectivity index (χ1n) is 11.2. The van der Waals surface area contributed by atoms with Crippen LogP contribution in [-0.4, -0.2) is 63.1 Å². The van der Waals surface area contributed by atoms with Gasteiger partial charge in [0.15, 0.2) is 35.9 Å². The summed E-state index contributed by atoms with van der Waals surface area (Å²) in [6, 6.07) is 9.35. The summed E-state index contributed by atoms with van der Waals surface area (Å²) in [5, 5.41) is 17.7. The number of aliphatic carboxylic acids is 1. The summed E-state index contributed by atoms with van der Waals surface area (Å²) in [6.07, 6.45) is -4.44. The van der Waals surface area contributed by atoms with Gasteiger partial charge in [-0.25, -0.2) is 22.6 Å². The molecule has 2 aliphatic heterocycles. The summed E-state index contributed by atoms with van der Waals surface area (Å²) in [4.78, 5) is 24.0. The van der Waals surface area contributed by atoms with E-state index >= 15 is 0 Å². The van der Waals surface area contributed by atoms with Gasteiger partial charge in [-0.2, -0.15) is 0 Å². The number of rotatable bonds is 5. The normalized spacial score (nSPS) is 27.4. The number of fused-ring (bicyclic) bond motifs is 1. The zero-order chi connectivity index (χ0) is 26.3. The highest BCUT2D eigenvalue weighted by Crippen LogP contribution is 2.40. The van der Waals surface area contributed by atoms with Crippen molar-refractivity contribution < 1.29 is 46.8 Å². The van der Waals surface area contributed by atoms with Crippen molar-refractivity contribution in [3.8, 4) is 11.3 Å². The molecule has 6 atom stereocenters. The Bertz CT molecular complexity index is 1300. The molecule has 0 amide bonds. The van der Waals surface area contributed by atoms with Gasteiger partial charge in [-0.1, -0.05) is 35.5 Å². The molecular weight excluding hydrogens is 499 g/mol. The number of hydrogen-bond donors (Lipinski definition) is 1. The van der Waals surface area contributed by atoms with E-state index in [9.17, 15) is 27.9 Å². The molecule has 2 saturated heterocycles. The van der Waals surface area contributed by atoms with Gasteiger partial charge in [0, 0.05) is 18.1 Å². The molecule has 10 nitrogen and oxygen atoms in total. The zero-order valence-corrected chi connectivity index (χ0v) is 19.2. The van der Waals surface area contributed by atoms with E-state index in [1.54, 1.807) is 24.3 Å². The predicted molar refractivity (Wildman–Crippen MR) is 116 cm³/mol. The third-order valence-corrected chi connectivity index (χ3v) is 6.06. The van der Waals surface area contributed by atoms with Gasteiger partial charge >= 0.3 is 11.9 Å². The minimum Gasteiger partial charge on any atom is -0.479 e. The first kappa shape index (κ1) is 24.9. The Hall–Kier alpha value is -3.81. The van der Waals surface area contributed by atoms with E-state index in [4.69, 9.17) is 18.9 Å². The lowest BCUT2D eigenvalue weighted by Crippen LogP contribution is -2.62. The number of carboxylic acid groups (broad SMARTS) is 1. The smallest absolute Gasteiger partial charge is 0.336 e. The number of ether oxygens (including phenoxy) is 4. The standard InChI is InChI=1S/C24H20F3N3O7/c1-11(31)35-21-19(30-9-16(28-29-30)13-7-14(25)18(27)15(26)8-13)20-17(36-22(21)23(32)33)10-34-24(37-20)12-5-3-2-4-6-12/h2-9,17,19-22,24H,10H2,1H3,(H,32,33)/t17-,19+,20+,21-,22-,24?/m1/s1. The van der Waals surface area contributed by atoms with Crippen LogP contribution in [0.3, 0.4) is 0 Å². The quantitative estimate of drug-likeness (QED) is 0.401. The molecule has 2 aliphatic rings. The van der Waals surface area contributed by atoms with Crippen molar-refractivity contribution in [3.05, 3.63) is 71.7 Å². The molecule has 3 aromatic rings. The van der Waals surface area contributed by atoms with Gasteiger partial charge in [0.1, 0.15) is 23.9 Å². The van der Waals surface area contributed by atoms with Crippen LogP contribution in [0.2, 0.25) is 0 Å². The van der Waals surface area contributed by atoms with Crippen molar-refractivity contribution in [1.82, 2.24) is 15.0 Å². The van der Waals surface area contributed by atoms with Crippen LogP contribution in [0, 0.1) is 17.5 Å². The molecule has 0 bridgehead atoms. The molecular formula is C24H20F3N3O7. The summed E-state index contributed by atoms with van der Waals surface area (Å²) < 4.78 is 65.3. The van der Waals surface area contributed by atoms with Crippen molar-refractivity contribution in [2.75, 3.05) is 6.61 Å². The lowest BCUT2D eigenvalue weighted by Gasteiger charge is -2.47. The van der Waals surface area contributed by atoms with E-state index in [-0.39, 0.29) is 17.9 Å². The molecule has 0 spiro atoms. The lowest BCUT2D eigenvalue weighted by atomic mass is 9.91. The number of carbonyl (C=O) groups excluding carboxylic acids is 1. The summed E-state index contributed by atoms with van der Waals surface area (Å²) in [6.45, 7) is 1.06. The highest BCUT2D eigenvalue weighted by atomic mass is 19.2. The highest BCUT2D eigenvalue weighted by Gasteiger charge is 2.55. The Kier molecular flexibility index (Phi) is 6.67. The Morgan fingerprint density at radius 2 is 1.81 bits per heavy atom. The van der Waals surface area contributed by atoms with Crippen LogP contribution >= 0.6 is 0 Å². The molecule has 0 radical (unpaired) electrons. The predicted octanol–water partition coefficient (Wildman–Crippen LogP) is 2.80. The number of benzene rings is 2. The fourth-order valence-electron chi connectivity index (χ4n) is 4.46. The molecule has 0 saturated carbocycles. The highest BCUT2D eigenvalue weighted by molar-refractivity contribution is 5.75. The van der Waals surface area contributed by atoms with Crippen molar-refractivity contribution in [2.45, 2.75) is 43.7 Å². The maximum atomic E-state index is 13.8. The average molecular weight is 519 g/mol. The van der Waals surface area contributed by atoms with E-state index < -0.39 is 66.1 Å². The maximum Gasteiger partial charge on any atom is 0.336 e. The summed E-state index contributed by atoms with van der Waals surface area (Å²) in [5.41, 5.74) is 0.529. The molecule has 2 fully saturated rings. The molecule has 5 rings (SSSR count). The van der Waals surface area contributed by atoms with Gasteiger partial charge in [0.2, 0.25) is 0 Å². The molecule has 3 heterocycles. The molecule has 1 N–H and O–H groups in total. The number of hydrogen-bond acceptors (Lipinski definition) is 8. The van der Waals surface area contributed by atoms with Crippen molar-refractivity contribution in [3.63, 3.8) is 0 Å². The van der Waals surface area contributed by atoms with Crippen LogP contribution in [-0.2, 0) is 28.5 Å². The number of carbonyl (C=O) groups is 2. The van der Waals surface area contributed by atoms with Crippen LogP contribution in [0.5, 0.6) is 0 Å². The lowest BCUT2D eigenvalue weighted by molar-refractivity contribution is -0.315. The molecule has 1 aromatic heterocycles. The van der Waals surface area contributed by atoms with Crippen molar-refractivity contribution >= 4 is 11.9 Å². The van der Waals surface area contributed by atoms with Crippen molar-refractivity contribution in [1.29, 1.82) is 0 Å². The second-order valence-corrected chi connectivity index (χ2v) is 8.51. The number of halogens is 3. The van der Waals surface area contributed by atoms with Crippen LogP contribution in [0.1, 0.15) is 24.8 Å². The van der Waals surface area contributed by atoms with Crippen LogP contribution in [0.4, 0.5) is 13.2 Å². The summed E-state index contributed by atoms with van der Waals surface area (Å²) in [7, 11) is 0. The maximum absolute atomic E-state index is 13.8. The second kappa shape index (κ2) is 9.92. The van der Waals surface area contributed by atoms with Gasteiger partial charge in [0.05, 0.1) is 12.8 Å². The summed E-state index contributed by atoms with van der Waals surface area (Å²) >= 11 is 0. The van der Waals surface area contributed by atoms with Crippen LogP contribution < -0.4 is 0 Å². The number of nitrogens with zero attached hydrogens (tertiary/aromatic N) is 3. The molecule has 2 aromatic carbocycles. The largest absolute Gasteiger partial charge is 0.479 e. The molecule has 194 valence electrons. The number of esters is 1. The third kappa shape index (κ3) is 4.80. The first-order valence-corrected chi connectivity index (χ1v) is 11.2.